The zero-order valence-electron chi connectivity index (χ0n) is 15.3. The quantitative estimate of drug-likeness (QED) is 0.268. The SMILES string of the molecule is CCN(C)C(=O)C=Cc1ccc(OC(=O)c2ccc(N=C(N)N)cc2)cc1. The first-order valence-electron chi connectivity index (χ1n) is 8.34. The molecular formula is C20H22N4O3. The molecule has 0 bridgehead atoms. The molecular weight excluding hydrogens is 344 g/mol. The molecule has 1 amide bonds. The number of amides is 1. The van der Waals surface area contributed by atoms with Gasteiger partial charge in [-0.2, -0.15) is 0 Å². The highest BCUT2D eigenvalue weighted by Gasteiger charge is 2.08. The van der Waals surface area contributed by atoms with Crippen molar-refractivity contribution >= 4 is 29.6 Å². The van der Waals surface area contributed by atoms with E-state index in [1.807, 2.05) is 6.92 Å². The number of likely N-dealkylation sites (N-methyl/N-ethyl adjacent to an activating group) is 1. The van der Waals surface area contributed by atoms with Crippen LogP contribution in [0.5, 0.6) is 5.75 Å². The Hall–Kier alpha value is -3.61. The predicted octanol–water partition coefficient (Wildman–Crippen LogP) is 2.30. The lowest BCUT2D eigenvalue weighted by molar-refractivity contribution is -0.124. The Bertz CT molecular complexity index is 852. The Morgan fingerprint density at radius 1 is 1.07 bits per heavy atom. The molecule has 0 heterocycles. The third kappa shape index (κ3) is 6.00. The lowest BCUT2D eigenvalue weighted by Gasteiger charge is -2.10. The fraction of sp³-hybridized carbons (Fsp3) is 0.150. The number of nitrogens with zero attached hydrogens (tertiary/aromatic N) is 2. The molecule has 0 saturated carbocycles. The predicted molar refractivity (Wildman–Crippen MR) is 106 cm³/mol. The average Bonchev–Trinajstić information content (AvgIpc) is 2.66. The average molecular weight is 366 g/mol. The van der Waals surface area contributed by atoms with Gasteiger partial charge in [-0.15, -0.1) is 0 Å². The minimum absolute atomic E-state index is 0.0532. The molecule has 0 aromatic heterocycles. The van der Waals surface area contributed by atoms with Gasteiger partial charge in [0.1, 0.15) is 5.75 Å². The van der Waals surface area contributed by atoms with Gasteiger partial charge in [0, 0.05) is 19.7 Å². The number of hydrogen-bond donors (Lipinski definition) is 2. The van der Waals surface area contributed by atoms with Crippen LogP contribution in [0.3, 0.4) is 0 Å². The number of nitrogens with two attached hydrogens (primary N) is 2. The third-order valence-corrected chi connectivity index (χ3v) is 3.72. The number of benzene rings is 2. The minimum atomic E-state index is -0.491. The summed E-state index contributed by atoms with van der Waals surface area (Å²) in [5.74, 6) is -0.212. The molecule has 2 aromatic carbocycles. The minimum Gasteiger partial charge on any atom is -0.423 e. The molecule has 2 rings (SSSR count). The van der Waals surface area contributed by atoms with Crippen molar-refractivity contribution in [3.05, 3.63) is 65.7 Å². The molecule has 27 heavy (non-hydrogen) atoms. The van der Waals surface area contributed by atoms with E-state index in [0.29, 0.717) is 23.5 Å². The van der Waals surface area contributed by atoms with Crippen molar-refractivity contribution in [3.63, 3.8) is 0 Å². The van der Waals surface area contributed by atoms with Gasteiger partial charge in [-0.05, 0) is 55.0 Å². The number of carbonyl (C=O) groups is 2. The molecule has 0 aliphatic rings. The van der Waals surface area contributed by atoms with Crippen molar-refractivity contribution in [1.82, 2.24) is 4.90 Å². The maximum atomic E-state index is 12.2. The fourth-order valence-corrected chi connectivity index (χ4v) is 2.08. The van der Waals surface area contributed by atoms with Gasteiger partial charge >= 0.3 is 5.97 Å². The number of hydrogen-bond acceptors (Lipinski definition) is 4. The molecule has 2 aromatic rings. The molecule has 0 aliphatic carbocycles. The smallest absolute Gasteiger partial charge is 0.343 e. The monoisotopic (exact) mass is 366 g/mol. The lowest BCUT2D eigenvalue weighted by Crippen LogP contribution is -2.23. The van der Waals surface area contributed by atoms with Gasteiger partial charge in [0.25, 0.3) is 0 Å². The zero-order valence-corrected chi connectivity index (χ0v) is 15.3. The van der Waals surface area contributed by atoms with E-state index < -0.39 is 5.97 Å². The van der Waals surface area contributed by atoms with Crippen molar-refractivity contribution in [1.29, 1.82) is 0 Å². The van der Waals surface area contributed by atoms with Crippen LogP contribution in [0.1, 0.15) is 22.8 Å². The van der Waals surface area contributed by atoms with E-state index in [1.165, 1.54) is 6.08 Å². The molecule has 0 unspecified atom stereocenters. The van der Waals surface area contributed by atoms with Crippen molar-refractivity contribution < 1.29 is 14.3 Å². The number of carbonyl (C=O) groups excluding carboxylic acids is 2. The summed E-state index contributed by atoms with van der Waals surface area (Å²) in [6, 6.07) is 13.3. The Morgan fingerprint density at radius 2 is 1.70 bits per heavy atom. The summed E-state index contributed by atoms with van der Waals surface area (Å²) in [5.41, 5.74) is 12.4. The Kier molecular flexibility index (Phi) is 6.71. The summed E-state index contributed by atoms with van der Waals surface area (Å²) in [6.07, 6.45) is 3.21. The van der Waals surface area contributed by atoms with Gasteiger partial charge in [-0.3, -0.25) is 4.79 Å². The number of rotatable bonds is 6. The number of esters is 1. The molecule has 140 valence electrons. The summed E-state index contributed by atoms with van der Waals surface area (Å²) in [4.78, 5) is 29.4. The van der Waals surface area contributed by atoms with Crippen LogP contribution in [-0.2, 0) is 4.79 Å². The molecule has 4 N–H and O–H groups in total. The topological polar surface area (TPSA) is 111 Å². The van der Waals surface area contributed by atoms with Crippen LogP contribution in [0.4, 0.5) is 5.69 Å². The number of aliphatic imine (C=N–C) groups is 1. The summed E-state index contributed by atoms with van der Waals surface area (Å²) in [6.45, 7) is 2.55. The van der Waals surface area contributed by atoms with Crippen LogP contribution in [0.15, 0.2) is 59.6 Å². The van der Waals surface area contributed by atoms with Gasteiger partial charge in [-0.25, -0.2) is 9.79 Å². The highest BCUT2D eigenvalue weighted by Crippen LogP contribution is 2.17. The van der Waals surface area contributed by atoms with E-state index in [1.54, 1.807) is 66.6 Å². The van der Waals surface area contributed by atoms with Crippen LogP contribution < -0.4 is 16.2 Å². The van der Waals surface area contributed by atoms with Crippen molar-refractivity contribution in [3.8, 4) is 5.75 Å². The first-order valence-corrected chi connectivity index (χ1v) is 8.34. The van der Waals surface area contributed by atoms with Gasteiger partial charge in [-0.1, -0.05) is 12.1 Å². The molecule has 7 heteroatoms. The molecule has 0 saturated heterocycles. The molecule has 0 atom stereocenters. The number of guanidine groups is 1. The van der Waals surface area contributed by atoms with E-state index >= 15 is 0 Å². The van der Waals surface area contributed by atoms with Crippen LogP contribution in [0, 0.1) is 0 Å². The van der Waals surface area contributed by atoms with Crippen molar-refractivity contribution in [2.75, 3.05) is 13.6 Å². The van der Waals surface area contributed by atoms with Crippen LogP contribution in [-0.4, -0.2) is 36.3 Å². The third-order valence-electron chi connectivity index (χ3n) is 3.72. The lowest BCUT2D eigenvalue weighted by atomic mass is 10.2. The van der Waals surface area contributed by atoms with Crippen LogP contribution >= 0.6 is 0 Å². The maximum Gasteiger partial charge on any atom is 0.343 e. The number of ether oxygens (including phenoxy) is 1. The van der Waals surface area contributed by atoms with Gasteiger partial charge < -0.3 is 21.1 Å². The summed E-state index contributed by atoms with van der Waals surface area (Å²) in [7, 11) is 1.74. The molecule has 0 radical (unpaired) electrons. The van der Waals surface area contributed by atoms with Gasteiger partial charge in [0.05, 0.1) is 11.3 Å². The molecule has 0 aliphatic heterocycles. The zero-order chi connectivity index (χ0) is 19.8. The van der Waals surface area contributed by atoms with Crippen LogP contribution in [0.25, 0.3) is 6.08 Å². The largest absolute Gasteiger partial charge is 0.423 e. The Morgan fingerprint density at radius 3 is 2.26 bits per heavy atom. The highest BCUT2D eigenvalue weighted by molar-refractivity contribution is 5.92. The first-order chi connectivity index (χ1) is 12.9. The van der Waals surface area contributed by atoms with E-state index in [-0.39, 0.29) is 11.9 Å². The molecule has 7 nitrogen and oxygen atoms in total. The first kappa shape index (κ1) is 19.7. The van der Waals surface area contributed by atoms with Crippen molar-refractivity contribution in [2.45, 2.75) is 6.92 Å². The van der Waals surface area contributed by atoms with Crippen molar-refractivity contribution in [2.24, 2.45) is 16.5 Å². The van der Waals surface area contributed by atoms with E-state index in [0.717, 1.165) is 5.56 Å². The standard InChI is InChI=1S/C20H22N4O3/c1-3-24(2)18(25)13-6-14-4-11-17(12-5-14)27-19(26)15-7-9-16(10-8-15)23-20(21)22/h4-13H,3H2,1-2H3,(H4,21,22,23). The second-order valence-electron chi connectivity index (χ2n) is 5.73. The van der Waals surface area contributed by atoms with E-state index in [4.69, 9.17) is 16.2 Å². The Labute approximate surface area is 157 Å². The fourth-order valence-electron chi connectivity index (χ4n) is 2.08. The molecule has 0 spiro atoms. The Balaban J connectivity index is 1.99. The van der Waals surface area contributed by atoms with Crippen LogP contribution in [0.2, 0.25) is 0 Å². The normalized spacial score (nSPS) is 10.4. The second kappa shape index (κ2) is 9.19. The van der Waals surface area contributed by atoms with Gasteiger partial charge in [0.2, 0.25) is 5.91 Å². The molecule has 0 fully saturated rings. The van der Waals surface area contributed by atoms with E-state index in [2.05, 4.69) is 4.99 Å². The second-order valence-corrected chi connectivity index (χ2v) is 5.73. The highest BCUT2D eigenvalue weighted by atomic mass is 16.5. The summed E-state index contributed by atoms with van der Waals surface area (Å²) < 4.78 is 5.33. The van der Waals surface area contributed by atoms with Gasteiger partial charge in [0.15, 0.2) is 5.96 Å². The summed E-state index contributed by atoms with van der Waals surface area (Å²) >= 11 is 0. The van der Waals surface area contributed by atoms with E-state index in [9.17, 15) is 9.59 Å². The maximum absolute atomic E-state index is 12.2. The summed E-state index contributed by atoms with van der Waals surface area (Å²) in [5, 5.41) is 0.